The maximum Gasteiger partial charge on any atom is 0.182 e. The molecule has 0 aliphatic carbocycles. The molecule has 1 heterocycles. The van der Waals surface area contributed by atoms with Crippen molar-refractivity contribution in [3.63, 3.8) is 0 Å². The number of nitrogens with zero attached hydrogens (tertiary/aromatic N) is 3. The molecule has 1 aromatic carbocycles. The minimum Gasteiger partial charge on any atom is -0.338 e. The number of aryl methyl sites for hydroxylation is 1. The molecule has 7 heteroatoms. The van der Waals surface area contributed by atoms with Gasteiger partial charge in [-0.05, 0) is 19.1 Å². The van der Waals surface area contributed by atoms with Gasteiger partial charge in [-0.3, -0.25) is 5.32 Å². The first-order valence-corrected chi connectivity index (χ1v) is 5.31. The van der Waals surface area contributed by atoms with Gasteiger partial charge in [0.25, 0.3) is 0 Å². The Morgan fingerprint density at radius 1 is 1.16 bits per heavy atom. The lowest BCUT2D eigenvalue weighted by atomic mass is 10.3. The Morgan fingerprint density at radius 3 is 2.63 bits per heavy atom. The van der Waals surface area contributed by atoms with Crippen molar-refractivity contribution in [3.8, 4) is 6.19 Å². The molecule has 2 rings (SSSR count). The van der Waals surface area contributed by atoms with E-state index < -0.39 is 11.6 Å². The highest BCUT2D eigenvalue weighted by Gasteiger charge is 2.07. The molecule has 1 aromatic heterocycles. The Kier molecular flexibility index (Phi) is 3.52. The number of rotatable bonds is 3. The molecule has 2 aromatic rings. The van der Waals surface area contributed by atoms with E-state index in [2.05, 4.69) is 20.6 Å². The summed E-state index contributed by atoms with van der Waals surface area (Å²) in [5, 5.41) is 13.5. The van der Waals surface area contributed by atoms with E-state index in [9.17, 15) is 8.78 Å². The fraction of sp³-hybridized carbons (Fsp3) is 0.0833. The van der Waals surface area contributed by atoms with Crippen molar-refractivity contribution >= 4 is 17.3 Å². The van der Waals surface area contributed by atoms with Crippen LogP contribution in [0.3, 0.4) is 0 Å². The van der Waals surface area contributed by atoms with Crippen LogP contribution in [0.4, 0.5) is 26.1 Å². The van der Waals surface area contributed by atoms with E-state index >= 15 is 0 Å². The minimum absolute atomic E-state index is 0.0407. The molecule has 0 fully saturated rings. The van der Waals surface area contributed by atoms with Gasteiger partial charge >= 0.3 is 0 Å². The standard InChI is InChI=1S/C12H9F2N5/c1-7-17-11(16-6-15)5-12(18-7)19-10-4-8(13)2-3-9(10)14/h2-5H,1H3,(H2,16,17,18,19). The van der Waals surface area contributed by atoms with Crippen LogP contribution in [0.2, 0.25) is 0 Å². The third kappa shape index (κ3) is 3.13. The van der Waals surface area contributed by atoms with E-state index in [4.69, 9.17) is 5.26 Å². The molecule has 0 saturated heterocycles. The fourth-order valence-electron chi connectivity index (χ4n) is 1.48. The van der Waals surface area contributed by atoms with E-state index in [1.807, 2.05) is 0 Å². The lowest BCUT2D eigenvalue weighted by molar-refractivity contribution is 0.603. The van der Waals surface area contributed by atoms with Gasteiger partial charge in [0.05, 0.1) is 5.69 Å². The summed E-state index contributed by atoms with van der Waals surface area (Å²) >= 11 is 0. The molecule has 0 amide bonds. The molecular weight excluding hydrogens is 252 g/mol. The first-order chi connectivity index (χ1) is 9.08. The van der Waals surface area contributed by atoms with Gasteiger partial charge < -0.3 is 5.32 Å². The molecule has 0 unspecified atom stereocenters. The van der Waals surface area contributed by atoms with Gasteiger partial charge in [0.15, 0.2) is 6.19 Å². The first kappa shape index (κ1) is 12.7. The second kappa shape index (κ2) is 5.27. The number of hydrogen-bond donors (Lipinski definition) is 2. The maximum absolute atomic E-state index is 13.5. The third-order valence-electron chi connectivity index (χ3n) is 2.21. The Labute approximate surface area is 107 Å². The quantitative estimate of drug-likeness (QED) is 0.656. The van der Waals surface area contributed by atoms with Crippen LogP contribution < -0.4 is 10.6 Å². The normalized spacial score (nSPS) is 9.79. The average molecular weight is 261 g/mol. The van der Waals surface area contributed by atoms with Gasteiger partial charge in [0.1, 0.15) is 29.1 Å². The number of aromatic nitrogens is 2. The number of nitrogens with one attached hydrogen (secondary N) is 2. The first-order valence-electron chi connectivity index (χ1n) is 5.31. The lowest BCUT2D eigenvalue weighted by Gasteiger charge is -2.08. The Morgan fingerprint density at radius 2 is 1.89 bits per heavy atom. The van der Waals surface area contributed by atoms with E-state index in [0.717, 1.165) is 18.2 Å². The van der Waals surface area contributed by atoms with Gasteiger partial charge in [-0.1, -0.05) is 0 Å². The fourth-order valence-corrected chi connectivity index (χ4v) is 1.48. The monoisotopic (exact) mass is 261 g/mol. The van der Waals surface area contributed by atoms with Crippen LogP contribution in [0, 0.1) is 30.0 Å². The summed E-state index contributed by atoms with van der Waals surface area (Å²) in [5.41, 5.74) is -0.0407. The summed E-state index contributed by atoms with van der Waals surface area (Å²) in [4.78, 5) is 7.97. The van der Waals surface area contributed by atoms with E-state index in [1.165, 1.54) is 6.07 Å². The number of anilines is 3. The minimum atomic E-state index is -0.604. The molecule has 0 aliphatic heterocycles. The van der Waals surface area contributed by atoms with Crippen LogP contribution >= 0.6 is 0 Å². The zero-order chi connectivity index (χ0) is 13.8. The largest absolute Gasteiger partial charge is 0.338 e. The molecule has 0 atom stereocenters. The Balaban J connectivity index is 2.33. The van der Waals surface area contributed by atoms with Gasteiger partial charge in [0, 0.05) is 12.1 Å². The van der Waals surface area contributed by atoms with E-state index in [0.29, 0.717) is 5.82 Å². The molecule has 0 aliphatic rings. The summed E-state index contributed by atoms with van der Waals surface area (Å²) in [7, 11) is 0. The number of halogens is 2. The summed E-state index contributed by atoms with van der Waals surface area (Å²) in [5.74, 6) is -0.249. The van der Waals surface area contributed by atoms with Gasteiger partial charge in [-0.2, -0.15) is 5.26 Å². The van der Waals surface area contributed by atoms with Crippen molar-refractivity contribution in [3.05, 3.63) is 41.7 Å². The number of nitriles is 1. The van der Waals surface area contributed by atoms with Gasteiger partial charge in [-0.25, -0.2) is 18.7 Å². The Bertz CT molecular complexity index is 651. The highest BCUT2D eigenvalue weighted by Crippen LogP contribution is 2.21. The molecule has 19 heavy (non-hydrogen) atoms. The van der Waals surface area contributed by atoms with Crippen LogP contribution in [-0.2, 0) is 0 Å². The predicted molar refractivity (Wildman–Crippen MR) is 65.6 cm³/mol. The molecule has 0 radical (unpaired) electrons. The molecule has 2 N–H and O–H groups in total. The predicted octanol–water partition coefficient (Wildman–Crippen LogP) is 2.70. The molecule has 0 spiro atoms. The summed E-state index contributed by atoms with van der Waals surface area (Å²) in [6.45, 7) is 1.62. The second-order valence-corrected chi connectivity index (χ2v) is 3.67. The van der Waals surface area contributed by atoms with Crippen LogP contribution in [0.25, 0.3) is 0 Å². The topological polar surface area (TPSA) is 73.6 Å². The molecule has 0 saturated carbocycles. The van der Waals surface area contributed by atoms with Crippen molar-refractivity contribution in [1.82, 2.24) is 9.97 Å². The second-order valence-electron chi connectivity index (χ2n) is 3.67. The molecule has 0 bridgehead atoms. The summed E-state index contributed by atoms with van der Waals surface area (Å²) in [6, 6.07) is 4.47. The van der Waals surface area contributed by atoms with Crippen molar-refractivity contribution in [2.45, 2.75) is 6.92 Å². The van der Waals surface area contributed by atoms with Crippen LogP contribution in [-0.4, -0.2) is 9.97 Å². The van der Waals surface area contributed by atoms with Gasteiger partial charge in [0.2, 0.25) is 0 Å². The van der Waals surface area contributed by atoms with Gasteiger partial charge in [-0.15, -0.1) is 0 Å². The zero-order valence-electron chi connectivity index (χ0n) is 9.91. The summed E-state index contributed by atoms with van der Waals surface area (Å²) < 4.78 is 26.5. The molecule has 96 valence electrons. The number of hydrogen-bond acceptors (Lipinski definition) is 5. The number of benzene rings is 1. The van der Waals surface area contributed by atoms with Crippen molar-refractivity contribution < 1.29 is 8.78 Å². The van der Waals surface area contributed by atoms with Crippen molar-refractivity contribution in [1.29, 1.82) is 5.26 Å². The Hall–Kier alpha value is -2.75. The highest BCUT2D eigenvalue weighted by molar-refractivity contribution is 5.60. The molecular formula is C12H9F2N5. The van der Waals surface area contributed by atoms with Crippen LogP contribution in [0.1, 0.15) is 5.82 Å². The van der Waals surface area contributed by atoms with Crippen LogP contribution in [0.15, 0.2) is 24.3 Å². The zero-order valence-corrected chi connectivity index (χ0v) is 9.91. The van der Waals surface area contributed by atoms with Crippen molar-refractivity contribution in [2.75, 3.05) is 10.6 Å². The maximum atomic E-state index is 13.5. The summed E-state index contributed by atoms with van der Waals surface area (Å²) in [6.07, 6.45) is 1.72. The smallest absolute Gasteiger partial charge is 0.182 e. The SMILES string of the molecule is Cc1nc(NC#N)cc(Nc2cc(F)ccc2F)n1. The van der Waals surface area contributed by atoms with E-state index in [1.54, 1.807) is 13.1 Å². The van der Waals surface area contributed by atoms with Crippen LogP contribution in [0.5, 0.6) is 0 Å². The van der Waals surface area contributed by atoms with Crippen molar-refractivity contribution in [2.24, 2.45) is 0 Å². The molecule has 5 nitrogen and oxygen atoms in total. The third-order valence-corrected chi connectivity index (χ3v) is 2.21. The average Bonchev–Trinajstić information content (AvgIpc) is 2.33. The lowest BCUT2D eigenvalue weighted by Crippen LogP contribution is -2.02. The highest BCUT2D eigenvalue weighted by atomic mass is 19.1. The van der Waals surface area contributed by atoms with E-state index in [-0.39, 0.29) is 17.3 Å².